The van der Waals surface area contributed by atoms with Crippen molar-refractivity contribution < 1.29 is 9.18 Å². The van der Waals surface area contributed by atoms with Crippen molar-refractivity contribution in [1.82, 2.24) is 9.78 Å². The van der Waals surface area contributed by atoms with Crippen LogP contribution in [0.2, 0.25) is 0 Å². The molecule has 0 bridgehead atoms. The van der Waals surface area contributed by atoms with Gasteiger partial charge in [0, 0.05) is 13.1 Å². The second kappa shape index (κ2) is 5.95. The highest BCUT2D eigenvalue weighted by Crippen LogP contribution is 2.24. The van der Waals surface area contributed by atoms with Crippen LogP contribution in [0.25, 0.3) is 0 Å². The first kappa shape index (κ1) is 15.0. The van der Waals surface area contributed by atoms with E-state index in [4.69, 9.17) is 5.73 Å². The summed E-state index contributed by atoms with van der Waals surface area (Å²) in [4.78, 5) is 14.1. The van der Waals surface area contributed by atoms with Crippen molar-refractivity contribution in [2.24, 2.45) is 0 Å². The van der Waals surface area contributed by atoms with Gasteiger partial charge in [0.2, 0.25) is 0 Å². The number of aromatic nitrogens is 2. The van der Waals surface area contributed by atoms with E-state index in [1.165, 1.54) is 11.0 Å². The molecule has 1 aromatic heterocycles. The highest BCUT2D eigenvalue weighted by atomic mass is 19.1. The topological polar surface area (TPSA) is 64.2 Å². The van der Waals surface area contributed by atoms with Gasteiger partial charge in [-0.3, -0.25) is 9.48 Å². The zero-order valence-electron chi connectivity index (χ0n) is 12.4. The molecule has 0 unspecified atom stereocenters. The molecule has 0 aliphatic carbocycles. The highest BCUT2D eigenvalue weighted by Gasteiger charge is 2.25. The number of para-hydroxylation sites is 1. The normalized spacial score (nSPS) is 10.7. The van der Waals surface area contributed by atoms with Crippen LogP contribution in [0.15, 0.2) is 24.3 Å². The molecule has 0 saturated carbocycles. The fraction of sp³-hybridized carbons (Fsp3) is 0.333. The first-order valence-corrected chi connectivity index (χ1v) is 6.90. The number of amides is 1. The van der Waals surface area contributed by atoms with Crippen LogP contribution in [0.5, 0.6) is 0 Å². The number of carbonyl (C=O) groups is 1. The molecule has 2 N–H and O–H groups in total. The molecule has 1 heterocycles. The lowest BCUT2D eigenvalue weighted by atomic mass is 10.2. The van der Waals surface area contributed by atoms with Crippen LogP contribution < -0.4 is 10.6 Å². The van der Waals surface area contributed by atoms with E-state index < -0.39 is 5.82 Å². The average molecular weight is 290 g/mol. The molecule has 0 aliphatic heterocycles. The lowest BCUT2D eigenvalue weighted by Crippen LogP contribution is -2.33. The van der Waals surface area contributed by atoms with Crippen LogP contribution in [0.1, 0.15) is 30.0 Å². The van der Waals surface area contributed by atoms with Crippen molar-refractivity contribution in [1.29, 1.82) is 0 Å². The van der Waals surface area contributed by atoms with Crippen molar-refractivity contribution >= 4 is 17.3 Å². The standard InChI is InChI=1S/C15H19FN4O/c1-4-19(12-9-7-6-8-11(12)16)15(21)14-13(17)10(3)18-20(14)5-2/h6-9H,4-5,17H2,1-3H3. The minimum atomic E-state index is -0.439. The first-order valence-electron chi connectivity index (χ1n) is 6.90. The van der Waals surface area contributed by atoms with Crippen LogP contribution in [0.4, 0.5) is 15.8 Å². The maximum Gasteiger partial charge on any atom is 0.278 e. The minimum absolute atomic E-state index is 0.242. The predicted octanol–water partition coefficient (Wildman–Crippen LogP) is 2.60. The largest absolute Gasteiger partial charge is 0.395 e. The summed E-state index contributed by atoms with van der Waals surface area (Å²) in [6.45, 7) is 6.28. The molecule has 0 aliphatic rings. The fourth-order valence-electron chi connectivity index (χ4n) is 2.27. The van der Waals surface area contributed by atoms with Gasteiger partial charge in [0.15, 0.2) is 0 Å². The summed E-state index contributed by atoms with van der Waals surface area (Å²) >= 11 is 0. The fourth-order valence-corrected chi connectivity index (χ4v) is 2.27. The summed E-state index contributed by atoms with van der Waals surface area (Å²) in [5.74, 6) is -0.784. The van der Waals surface area contributed by atoms with Crippen molar-refractivity contribution in [3.63, 3.8) is 0 Å². The van der Waals surface area contributed by atoms with Crippen molar-refractivity contribution in [2.75, 3.05) is 17.2 Å². The van der Waals surface area contributed by atoms with Crippen LogP contribution in [-0.2, 0) is 6.54 Å². The molecule has 0 atom stereocenters. The molecule has 1 aromatic carbocycles. The smallest absolute Gasteiger partial charge is 0.278 e. The predicted molar refractivity (Wildman–Crippen MR) is 80.8 cm³/mol. The van der Waals surface area contributed by atoms with E-state index in [2.05, 4.69) is 5.10 Å². The molecule has 1 amide bonds. The molecule has 0 spiro atoms. The molecule has 2 aromatic rings. The van der Waals surface area contributed by atoms with Gasteiger partial charge in [-0.05, 0) is 32.9 Å². The molecule has 0 radical (unpaired) electrons. The number of nitrogens with two attached hydrogens (primary N) is 1. The summed E-state index contributed by atoms with van der Waals surface area (Å²) in [7, 11) is 0. The minimum Gasteiger partial charge on any atom is -0.395 e. The molecule has 2 rings (SSSR count). The Morgan fingerprint density at radius 3 is 2.62 bits per heavy atom. The van der Waals surface area contributed by atoms with Crippen LogP contribution in [0.3, 0.4) is 0 Å². The molecular weight excluding hydrogens is 271 g/mol. The third-order valence-electron chi connectivity index (χ3n) is 3.38. The molecule has 5 nitrogen and oxygen atoms in total. The molecule has 0 fully saturated rings. The average Bonchev–Trinajstić information content (AvgIpc) is 2.76. The van der Waals surface area contributed by atoms with Gasteiger partial charge >= 0.3 is 0 Å². The van der Waals surface area contributed by atoms with E-state index in [0.717, 1.165) is 0 Å². The lowest BCUT2D eigenvalue weighted by molar-refractivity contribution is 0.0978. The third kappa shape index (κ3) is 2.61. The Balaban J connectivity index is 2.49. The van der Waals surface area contributed by atoms with Crippen LogP contribution >= 0.6 is 0 Å². The number of anilines is 2. The number of aryl methyl sites for hydroxylation is 2. The van der Waals surface area contributed by atoms with Gasteiger partial charge in [0.05, 0.1) is 17.1 Å². The SMILES string of the molecule is CCN(C(=O)c1c(N)c(C)nn1CC)c1ccccc1F. The summed E-state index contributed by atoms with van der Waals surface area (Å²) in [5.41, 5.74) is 7.46. The molecule has 21 heavy (non-hydrogen) atoms. The molecule has 0 saturated heterocycles. The number of halogens is 1. The number of benzene rings is 1. The van der Waals surface area contributed by atoms with Gasteiger partial charge < -0.3 is 10.6 Å². The molecule has 112 valence electrons. The van der Waals surface area contributed by atoms with Gasteiger partial charge in [0.1, 0.15) is 11.5 Å². The Kier molecular flexibility index (Phi) is 4.26. The Hall–Kier alpha value is -2.37. The number of nitrogen functional groups attached to an aromatic ring is 1. The molecular formula is C15H19FN4O. The number of rotatable bonds is 4. The molecule has 6 heteroatoms. The second-order valence-electron chi connectivity index (χ2n) is 4.66. The lowest BCUT2D eigenvalue weighted by Gasteiger charge is -2.22. The highest BCUT2D eigenvalue weighted by molar-refractivity contribution is 6.08. The number of carbonyl (C=O) groups excluding carboxylic acids is 1. The van der Waals surface area contributed by atoms with Crippen molar-refractivity contribution in [2.45, 2.75) is 27.3 Å². The third-order valence-corrected chi connectivity index (χ3v) is 3.38. The van der Waals surface area contributed by atoms with Gasteiger partial charge in [0.25, 0.3) is 5.91 Å². The number of hydrogen-bond acceptors (Lipinski definition) is 3. The summed E-state index contributed by atoms with van der Waals surface area (Å²) in [5, 5.41) is 4.23. The van der Waals surface area contributed by atoms with Crippen LogP contribution in [-0.4, -0.2) is 22.2 Å². The summed E-state index contributed by atoms with van der Waals surface area (Å²) < 4.78 is 15.5. The zero-order chi connectivity index (χ0) is 15.6. The Labute approximate surface area is 123 Å². The van der Waals surface area contributed by atoms with E-state index in [1.807, 2.05) is 6.92 Å². The van der Waals surface area contributed by atoms with E-state index in [9.17, 15) is 9.18 Å². The quantitative estimate of drug-likeness (QED) is 0.941. The van der Waals surface area contributed by atoms with E-state index >= 15 is 0 Å². The maximum absolute atomic E-state index is 13.9. The number of hydrogen-bond donors (Lipinski definition) is 1. The Morgan fingerprint density at radius 2 is 2.05 bits per heavy atom. The van der Waals surface area contributed by atoms with Gasteiger partial charge in [-0.1, -0.05) is 12.1 Å². The van der Waals surface area contributed by atoms with Crippen LogP contribution in [0, 0.1) is 12.7 Å². The maximum atomic E-state index is 13.9. The van der Waals surface area contributed by atoms with E-state index in [1.54, 1.807) is 36.7 Å². The zero-order valence-corrected chi connectivity index (χ0v) is 12.4. The van der Waals surface area contributed by atoms with E-state index in [0.29, 0.717) is 30.2 Å². The summed E-state index contributed by atoms with van der Waals surface area (Å²) in [6, 6.07) is 6.19. The first-order chi connectivity index (χ1) is 10.0. The number of nitrogens with zero attached hydrogens (tertiary/aromatic N) is 3. The van der Waals surface area contributed by atoms with Gasteiger partial charge in [-0.15, -0.1) is 0 Å². The van der Waals surface area contributed by atoms with E-state index in [-0.39, 0.29) is 11.6 Å². The Bertz CT molecular complexity index is 666. The van der Waals surface area contributed by atoms with Gasteiger partial charge in [-0.25, -0.2) is 4.39 Å². The van der Waals surface area contributed by atoms with Gasteiger partial charge in [-0.2, -0.15) is 5.10 Å². The van der Waals surface area contributed by atoms with Crippen molar-refractivity contribution in [3.8, 4) is 0 Å². The van der Waals surface area contributed by atoms with Crippen molar-refractivity contribution in [3.05, 3.63) is 41.5 Å². The Morgan fingerprint density at radius 1 is 1.38 bits per heavy atom. The second-order valence-corrected chi connectivity index (χ2v) is 4.66. The summed E-state index contributed by atoms with van der Waals surface area (Å²) in [6.07, 6.45) is 0. The monoisotopic (exact) mass is 290 g/mol.